The minimum atomic E-state index is -0.308. The standard InChI is InChI=1S/C19H26N2O3/c1-12-7-8-15-14(11-24-18(15)13(12)2)9-17(23)21(6)10-16(22)20-19(3,4)5/h7-8,11H,9-10H2,1-6H3,(H,20,22). The van der Waals surface area contributed by atoms with Crippen LogP contribution in [0, 0.1) is 13.8 Å². The summed E-state index contributed by atoms with van der Waals surface area (Å²) in [5.74, 6) is -0.276. The second-order valence-corrected chi connectivity index (χ2v) is 7.37. The van der Waals surface area contributed by atoms with Crippen molar-refractivity contribution in [2.75, 3.05) is 13.6 Å². The largest absolute Gasteiger partial charge is 0.464 e. The van der Waals surface area contributed by atoms with Gasteiger partial charge in [0, 0.05) is 23.5 Å². The fraction of sp³-hybridized carbons (Fsp3) is 0.474. The molecule has 5 nitrogen and oxygen atoms in total. The van der Waals surface area contributed by atoms with E-state index in [2.05, 4.69) is 5.32 Å². The molecule has 1 heterocycles. The van der Waals surface area contributed by atoms with Gasteiger partial charge in [-0.1, -0.05) is 12.1 Å². The Bertz CT molecular complexity index is 769. The molecule has 2 amide bonds. The third-order valence-electron chi connectivity index (χ3n) is 4.00. The van der Waals surface area contributed by atoms with Crippen molar-refractivity contribution in [2.45, 2.75) is 46.6 Å². The Morgan fingerprint density at radius 1 is 1.21 bits per heavy atom. The van der Waals surface area contributed by atoms with Crippen molar-refractivity contribution in [3.63, 3.8) is 0 Å². The molecule has 130 valence electrons. The first-order valence-corrected chi connectivity index (χ1v) is 8.10. The highest BCUT2D eigenvalue weighted by atomic mass is 16.3. The molecule has 5 heteroatoms. The summed E-state index contributed by atoms with van der Waals surface area (Å²) in [6.07, 6.45) is 1.85. The average molecular weight is 330 g/mol. The Balaban J connectivity index is 2.07. The molecular weight excluding hydrogens is 304 g/mol. The van der Waals surface area contributed by atoms with E-state index in [-0.39, 0.29) is 30.3 Å². The van der Waals surface area contributed by atoms with Gasteiger partial charge in [0.1, 0.15) is 5.58 Å². The molecule has 2 aromatic rings. The summed E-state index contributed by atoms with van der Waals surface area (Å²) in [6.45, 7) is 9.82. The van der Waals surface area contributed by atoms with Gasteiger partial charge in [0.05, 0.1) is 19.2 Å². The van der Waals surface area contributed by atoms with E-state index in [1.807, 2.05) is 46.8 Å². The second kappa shape index (κ2) is 6.67. The van der Waals surface area contributed by atoms with Gasteiger partial charge in [0.25, 0.3) is 0 Å². The minimum Gasteiger partial charge on any atom is -0.464 e. The van der Waals surface area contributed by atoms with Crippen molar-refractivity contribution < 1.29 is 14.0 Å². The van der Waals surface area contributed by atoms with Crippen LogP contribution in [0.2, 0.25) is 0 Å². The zero-order chi connectivity index (χ0) is 18.1. The number of likely N-dealkylation sites (N-methyl/N-ethyl adjacent to an activating group) is 1. The number of fused-ring (bicyclic) bond motifs is 1. The van der Waals surface area contributed by atoms with Crippen LogP contribution in [-0.4, -0.2) is 35.8 Å². The van der Waals surface area contributed by atoms with Gasteiger partial charge >= 0.3 is 0 Å². The Morgan fingerprint density at radius 3 is 2.50 bits per heavy atom. The fourth-order valence-electron chi connectivity index (χ4n) is 2.58. The molecule has 0 spiro atoms. The van der Waals surface area contributed by atoms with Gasteiger partial charge in [-0.3, -0.25) is 9.59 Å². The van der Waals surface area contributed by atoms with Gasteiger partial charge in [-0.05, 0) is 45.7 Å². The van der Waals surface area contributed by atoms with E-state index in [9.17, 15) is 9.59 Å². The Labute approximate surface area is 143 Å². The highest BCUT2D eigenvalue weighted by Gasteiger charge is 2.19. The van der Waals surface area contributed by atoms with E-state index in [0.29, 0.717) is 0 Å². The van der Waals surface area contributed by atoms with Gasteiger partial charge in [-0.25, -0.2) is 0 Å². The number of furan rings is 1. The molecule has 0 aliphatic heterocycles. The number of carbonyl (C=O) groups excluding carboxylic acids is 2. The first-order valence-electron chi connectivity index (χ1n) is 8.10. The highest BCUT2D eigenvalue weighted by Crippen LogP contribution is 2.26. The Hall–Kier alpha value is -2.30. The smallest absolute Gasteiger partial charge is 0.240 e. The fourth-order valence-corrected chi connectivity index (χ4v) is 2.58. The zero-order valence-corrected chi connectivity index (χ0v) is 15.3. The van der Waals surface area contributed by atoms with E-state index in [4.69, 9.17) is 4.42 Å². The first kappa shape index (κ1) is 18.0. The number of hydrogen-bond donors (Lipinski definition) is 1. The molecule has 1 aromatic carbocycles. The van der Waals surface area contributed by atoms with Crippen molar-refractivity contribution in [1.29, 1.82) is 0 Å². The SMILES string of the molecule is Cc1ccc2c(CC(=O)N(C)CC(=O)NC(C)(C)C)coc2c1C. The Kier molecular flexibility index (Phi) is 5.02. The number of hydrogen-bond acceptors (Lipinski definition) is 3. The van der Waals surface area contributed by atoms with Crippen molar-refractivity contribution in [3.05, 3.63) is 35.1 Å². The van der Waals surface area contributed by atoms with Crippen molar-refractivity contribution in [3.8, 4) is 0 Å². The summed E-state index contributed by atoms with van der Waals surface area (Å²) in [7, 11) is 1.64. The summed E-state index contributed by atoms with van der Waals surface area (Å²) in [5, 5.41) is 3.81. The van der Waals surface area contributed by atoms with E-state index in [1.54, 1.807) is 13.3 Å². The maximum absolute atomic E-state index is 12.4. The molecule has 0 saturated heterocycles. The number of aryl methyl sites for hydroxylation is 2. The number of carbonyl (C=O) groups is 2. The highest BCUT2D eigenvalue weighted by molar-refractivity contribution is 5.91. The second-order valence-electron chi connectivity index (χ2n) is 7.37. The molecule has 0 aliphatic carbocycles. The summed E-state index contributed by atoms with van der Waals surface area (Å²) < 4.78 is 5.64. The van der Waals surface area contributed by atoms with E-state index in [1.165, 1.54) is 4.90 Å². The minimum absolute atomic E-state index is 0.0457. The maximum atomic E-state index is 12.4. The molecular formula is C19H26N2O3. The molecule has 0 atom stereocenters. The summed E-state index contributed by atoms with van der Waals surface area (Å²) >= 11 is 0. The predicted molar refractivity (Wildman–Crippen MR) is 94.9 cm³/mol. The van der Waals surface area contributed by atoms with Crippen LogP contribution in [0.3, 0.4) is 0 Å². The lowest BCUT2D eigenvalue weighted by atomic mass is 10.0. The van der Waals surface area contributed by atoms with Crippen molar-refractivity contribution in [1.82, 2.24) is 10.2 Å². The van der Waals surface area contributed by atoms with Crippen LogP contribution in [0.1, 0.15) is 37.5 Å². The van der Waals surface area contributed by atoms with Crippen LogP contribution in [0.5, 0.6) is 0 Å². The zero-order valence-electron chi connectivity index (χ0n) is 15.3. The number of nitrogens with one attached hydrogen (secondary N) is 1. The molecule has 0 fully saturated rings. The Morgan fingerprint density at radius 2 is 1.88 bits per heavy atom. The van der Waals surface area contributed by atoms with Gasteiger partial charge in [0.2, 0.25) is 11.8 Å². The van der Waals surface area contributed by atoms with Crippen LogP contribution in [0.4, 0.5) is 0 Å². The summed E-state index contributed by atoms with van der Waals surface area (Å²) in [4.78, 5) is 25.8. The molecule has 0 unspecified atom stereocenters. The van der Waals surface area contributed by atoms with Gasteiger partial charge in [0.15, 0.2) is 0 Å². The van der Waals surface area contributed by atoms with E-state index in [0.717, 1.165) is 27.7 Å². The molecule has 0 bridgehead atoms. The van der Waals surface area contributed by atoms with E-state index < -0.39 is 0 Å². The lowest BCUT2D eigenvalue weighted by molar-refractivity contribution is -0.134. The lowest BCUT2D eigenvalue weighted by Crippen LogP contribution is -2.46. The van der Waals surface area contributed by atoms with Crippen LogP contribution < -0.4 is 5.32 Å². The van der Waals surface area contributed by atoms with Crippen LogP contribution in [-0.2, 0) is 16.0 Å². The third kappa shape index (κ3) is 4.16. The van der Waals surface area contributed by atoms with Crippen molar-refractivity contribution in [2.24, 2.45) is 0 Å². The van der Waals surface area contributed by atoms with Crippen LogP contribution in [0.25, 0.3) is 11.0 Å². The molecule has 0 aliphatic rings. The lowest BCUT2D eigenvalue weighted by Gasteiger charge is -2.23. The molecule has 0 radical (unpaired) electrons. The quantitative estimate of drug-likeness (QED) is 0.937. The molecule has 1 N–H and O–H groups in total. The van der Waals surface area contributed by atoms with E-state index >= 15 is 0 Å². The third-order valence-corrected chi connectivity index (χ3v) is 4.00. The van der Waals surface area contributed by atoms with Crippen molar-refractivity contribution >= 4 is 22.8 Å². The topological polar surface area (TPSA) is 62.6 Å². The average Bonchev–Trinajstić information content (AvgIpc) is 2.84. The predicted octanol–water partition coefficient (Wildman–Crippen LogP) is 2.97. The molecule has 2 rings (SSSR count). The summed E-state index contributed by atoms with van der Waals surface area (Å²) in [6, 6.07) is 4.01. The van der Waals surface area contributed by atoms with Crippen LogP contribution in [0.15, 0.2) is 22.8 Å². The first-order chi connectivity index (χ1) is 11.1. The van der Waals surface area contributed by atoms with Gasteiger partial charge in [-0.2, -0.15) is 0 Å². The number of nitrogens with zero attached hydrogens (tertiary/aromatic N) is 1. The van der Waals surface area contributed by atoms with Gasteiger partial charge in [-0.15, -0.1) is 0 Å². The van der Waals surface area contributed by atoms with Gasteiger partial charge < -0.3 is 14.6 Å². The molecule has 24 heavy (non-hydrogen) atoms. The molecule has 1 aromatic heterocycles. The number of amides is 2. The number of benzene rings is 1. The van der Waals surface area contributed by atoms with Crippen LogP contribution >= 0.6 is 0 Å². The number of rotatable bonds is 4. The monoisotopic (exact) mass is 330 g/mol. The summed E-state index contributed by atoms with van der Waals surface area (Å²) in [5.41, 5.74) is 3.61. The normalized spacial score (nSPS) is 11.6. The maximum Gasteiger partial charge on any atom is 0.240 e. The molecule has 0 saturated carbocycles.